The van der Waals surface area contributed by atoms with Crippen molar-refractivity contribution in [1.29, 1.82) is 0 Å². The van der Waals surface area contributed by atoms with Crippen molar-refractivity contribution >= 4 is 29.8 Å². The van der Waals surface area contributed by atoms with Crippen LogP contribution in [0.4, 0.5) is 5.69 Å². The van der Waals surface area contributed by atoms with Crippen LogP contribution >= 0.6 is 11.9 Å². The average Bonchev–Trinajstić information content (AvgIpc) is 2.73. The molecule has 0 aromatic heterocycles. The molecule has 0 heterocycles. The Balaban J connectivity index is 0.000000159. The van der Waals surface area contributed by atoms with Gasteiger partial charge in [-0.25, -0.2) is 4.31 Å². The van der Waals surface area contributed by atoms with Crippen LogP contribution in [0.3, 0.4) is 0 Å². The average molecular weight is 475 g/mol. The Morgan fingerprint density at radius 1 is 1.24 bits per heavy atom. The lowest BCUT2D eigenvalue weighted by Gasteiger charge is -2.58. The molecule has 0 radical (unpaired) electrons. The van der Waals surface area contributed by atoms with E-state index in [1.165, 1.54) is 30.9 Å². The second-order valence-electron chi connectivity index (χ2n) is 10.3. The summed E-state index contributed by atoms with van der Waals surface area (Å²) < 4.78 is 1.84. The number of primary amides is 1. The minimum Gasteiger partial charge on any atom is -0.369 e. The number of benzene rings is 1. The molecule has 180 valence electrons. The smallest absolute Gasteiger partial charge is 0.284 e. The standard InChI is InChI=1S/C12H14N2O3S.C12H20N2O/c1-13(12(9-15)7-4-8-12)18-11-6-3-2-5-10(11)14(16)17;1-14-10-8-2-7-3-9(10)6-12(4-7,5-8)11(13)15/h2-3,5-6,9H,4,7-8H2,1H3;7-10,14H,2-6H2,1H3,(H2,13,15). The monoisotopic (exact) mass is 474 g/mol. The summed E-state index contributed by atoms with van der Waals surface area (Å²) in [6, 6.07) is 7.23. The summed E-state index contributed by atoms with van der Waals surface area (Å²) in [5.74, 6) is 2.15. The fourth-order valence-corrected chi connectivity index (χ4v) is 7.85. The van der Waals surface area contributed by atoms with Crippen molar-refractivity contribution in [2.24, 2.45) is 28.9 Å². The molecule has 5 fully saturated rings. The molecule has 1 amide bonds. The van der Waals surface area contributed by atoms with Crippen LogP contribution in [0.15, 0.2) is 29.2 Å². The summed E-state index contributed by atoms with van der Waals surface area (Å²) >= 11 is 1.27. The second-order valence-corrected chi connectivity index (χ2v) is 11.5. The van der Waals surface area contributed by atoms with E-state index >= 15 is 0 Å². The van der Waals surface area contributed by atoms with Crippen LogP contribution in [0.5, 0.6) is 0 Å². The number of nitro benzene ring substituents is 1. The van der Waals surface area contributed by atoms with Gasteiger partial charge in [0, 0.05) is 17.5 Å². The van der Waals surface area contributed by atoms with Crippen molar-refractivity contribution in [2.75, 3.05) is 14.1 Å². The molecular weight excluding hydrogens is 440 g/mol. The SMILES string of the molecule is CN(Sc1ccccc1[N+](=O)[O-])C1(C=O)CCC1.CNC1C2CC3CC1CC(C(N)=O)(C3)C2. The van der Waals surface area contributed by atoms with Crippen molar-refractivity contribution in [3.8, 4) is 0 Å². The van der Waals surface area contributed by atoms with E-state index in [9.17, 15) is 19.7 Å². The number of nitrogens with zero attached hydrogens (tertiary/aromatic N) is 2. The molecule has 9 heteroatoms. The summed E-state index contributed by atoms with van der Waals surface area (Å²) in [5, 5.41) is 14.4. The van der Waals surface area contributed by atoms with E-state index < -0.39 is 10.5 Å². The number of carbonyl (C=O) groups is 2. The largest absolute Gasteiger partial charge is 0.369 e. The molecule has 1 aromatic rings. The third-order valence-corrected chi connectivity index (χ3v) is 9.67. The highest BCUT2D eigenvalue weighted by atomic mass is 32.2. The van der Waals surface area contributed by atoms with E-state index in [-0.39, 0.29) is 17.0 Å². The number of hydrogen-bond donors (Lipinski definition) is 2. The van der Waals surface area contributed by atoms with Gasteiger partial charge in [-0.3, -0.25) is 14.9 Å². The maximum absolute atomic E-state index is 11.6. The lowest BCUT2D eigenvalue weighted by Crippen LogP contribution is -2.60. The van der Waals surface area contributed by atoms with Crippen molar-refractivity contribution in [1.82, 2.24) is 9.62 Å². The van der Waals surface area contributed by atoms with Gasteiger partial charge in [-0.2, -0.15) is 0 Å². The molecule has 2 atom stereocenters. The molecule has 2 unspecified atom stereocenters. The molecule has 6 rings (SSSR count). The van der Waals surface area contributed by atoms with Gasteiger partial charge in [-0.05, 0) is 101 Å². The molecule has 5 aliphatic carbocycles. The highest BCUT2D eigenvalue weighted by Crippen LogP contribution is 2.59. The van der Waals surface area contributed by atoms with E-state index in [1.54, 1.807) is 18.2 Å². The third-order valence-electron chi connectivity index (χ3n) is 8.49. The zero-order valence-corrected chi connectivity index (χ0v) is 20.2. The van der Waals surface area contributed by atoms with Crippen LogP contribution in [0.2, 0.25) is 0 Å². The maximum atomic E-state index is 11.6. The molecule has 33 heavy (non-hydrogen) atoms. The van der Waals surface area contributed by atoms with Crippen molar-refractivity contribution in [3.63, 3.8) is 0 Å². The molecule has 8 nitrogen and oxygen atoms in total. The Morgan fingerprint density at radius 2 is 1.88 bits per heavy atom. The fraction of sp³-hybridized carbons (Fsp3) is 0.667. The Morgan fingerprint density at radius 3 is 2.36 bits per heavy atom. The van der Waals surface area contributed by atoms with Gasteiger partial charge in [0.25, 0.3) is 5.69 Å². The summed E-state index contributed by atoms with van der Waals surface area (Å²) in [6.45, 7) is 0. The molecule has 5 saturated carbocycles. The van der Waals surface area contributed by atoms with Gasteiger partial charge in [0.15, 0.2) is 0 Å². The molecule has 5 aliphatic rings. The highest BCUT2D eigenvalue weighted by molar-refractivity contribution is 7.97. The van der Waals surface area contributed by atoms with Crippen molar-refractivity contribution in [3.05, 3.63) is 34.4 Å². The molecule has 1 aromatic carbocycles. The predicted molar refractivity (Wildman–Crippen MR) is 127 cm³/mol. The highest BCUT2D eigenvalue weighted by Gasteiger charge is 2.57. The van der Waals surface area contributed by atoms with Gasteiger partial charge >= 0.3 is 0 Å². The summed E-state index contributed by atoms with van der Waals surface area (Å²) in [6.07, 6.45) is 9.42. The Hall–Kier alpha value is -1.97. The number of nitrogens with one attached hydrogen (secondary N) is 1. The van der Waals surface area contributed by atoms with Crippen LogP contribution in [0.1, 0.15) is 51.4 Å². The molecule has 0 aliphatic heterocycles. The topological polar surface area (TPSA) is 119 Å². The minimum atomic E-state index is -0.450. The summed E-state index contributed by atoms with van der Waals surface area (Å²) in [5.41, 5.74) is 5.13. The van der Waals surface area contributed by atoms with Gasteiger partial charge in [0.05, 0.1) is 10.5 Å². The number of likely N-dealkylation sites (N-methyl/N-ethyl adjacent to an activating group) is 1. The van der Waals surface area contributed by atoms with Gasteiger partial charge in [-0.1, -0.05) is 12.1 Å². The number of carbonyl (C=O) groups excluding carboxylic acids is 2. The van der Waals surface area contributed by atoms with E-state index in [0.29, 0.717) is 22.8 Å². The number of nitrogens with two attached hydrogens (primary N) is 1. The molecule has 0 spiro atoms. The zero-order valence-electron chi connectivity index (χ0n) is 19.4. The number of hydrogen-bond acceptors (Lipinski definition) is 7. The zero-order chi connectivity index (χ0) is 23.8. The van der Waals surface area contributed by atoms with Crippen LogP contribution in [-0.4, -0.2) is 47.1 Å². The first-order valence-corrected chi connectivity index (χ1v) is 12.6. The predicted octanol–water partition coefficient (Wildman–Crippen LogP) is 3.54. The van der Waals surface area contributed by atoms with Gasteiger partial charge in [0.1, 0.15) is 11.2 Å². The van der Waals surface area contributed by atoms with Crippen LogP contribution < -0.4 is 11.1 Å². The number of rotatable bonds is 7. The molecular formula is C24H34N4O4S. The number of para-hydroxylation sites is 1. The lowest BCUT2D eigenvalue weighted by atomic mass is 9.47. The second kappa shape index (κ2) is 9.35. The van der Waals surface area contributed by atoms with Crippen molar-refractivity contribution < 1.29 is 14.5 Å². The third kappa shape index (κ3) is 4.42. The first-order chi connectivity index (χ1) is 15.7. The van der Waals surface area contributed by atoms with E-state index in [0.717, 1.165) is 50.7 Å². The van der Waals surface area contributed by atoms with E-state index in [1.807, 2.05) is 11.4 Å². The Labute approximate surface area is 199 Å². The first-order valence-electron chi connectivity index (χ1n) is 11.8. The Bertz CT molecular complexity index is 905. The quantitative estimate of drug-likeness (QED) is 0.268. The van der Waals surface area contributed by atoms with Crippen LogP contribution in [0.25, 0.3) is 0 Å². The number of nitro groups is 1. The Kier molecular flexibility index (Phi) is 6.85. The summed E-state index contributed by atoms with van der Waals surface area (Å²) in [7, 11) is 3.87. The number of amides is 1. The van der Waals surface area contributed by atoms with Crippen molar-refractivity contribution in [2.45, 2.75) is 67.8 Å². The normalized spacial score (nSPS) is 33.1. The van der Waals surface area contributed by atoms with Gasteiger partial charge < -0.3 is 15.8 Å². The lowest BCUT2D eigenvalue weighted by molar-refractivity contribution is -0.387. The minimum absolute atomic E-state index is 0.0311. The van der Waals surface area contributed by atoms with Gasteiger partial charge in [0.2, 0.25) is 5.91 Å². The molecule has 0 saturated heterocycles. The van der Waals surface area contributed by atoms with E-state index in [4.69, 9.17) is 5.73 Å². The summed E-state index contributed by atoms with van der Waals surface area (Å²) in [4.78, 5) is 33.9. The van der Waals surface area contributed by atoms with Crippen LogP contribution in [0, 0.1) is 33.3 Å². The molecule has 4 bridgehead atoms. The molecule has 3 N–H and O–H groups in total. The maximum Gasteiger partial charge on any atom is 0.284 e. The first kappa shape index (κ1) is 24.2. The van der Waals surface area contributed by atoms with Crippen LogP contribution in [-0.2, 0) is 9.59 Å². The fourth-order valence-electron chi connectivity index (χ4n) is 6.77. The number of aldehydes is 1. The van der Waals surface area contributed by atoms with Gasteiger partial charge in [-0.15, -0.1) is 0 Å². The van der Waals surface area contributed by atoms with E-state index in [2.05, 4.69) is 12.4 Å².